The van der Waals surface area contributed by atoms with E-state index in [0.29, 0.717) is 30.2 Å². The molecule has 1 atom stereocenters. The molecular formula is C23H28N3O5S+. The van der Waals surface area contributed by atoms with Crippen LogP contribution in [0.2, 0.25) is 0 Å². The van der Waals surface area contributed by atoms with Gasteiger partial charge in [-0.2, -0.15) is 0 Å². The fraction of sp³-hybridized carbons (Fsp3) is 0.348. The van der Waals surface area contributed by atoms with Crippen LogP contribution in [0, 0.1) is 0 Å². The maximum absolute atomic E-state index is 12.9. The first-order valence-electron chi connectivity index (χ1n) is 10.5. The lowest BCUT2D eigenvalue weighted by atomic mass is 10.2. The van der Waals surface area contributed by atoms with E-state index in [1.807, 2.05) is 19.1 Å². The number of H-pyrrole nitrogens is 1. The Morgan fingerprint density at radius 1 is 1.12 bits per heavy atom. The second-order valence-corrected chi connectivity index (χ2v) is 8.24. The second kappa shape index (κ2) is 11.4. The number of rotatable bonds is 11. The van der Waals surface area contributed by atoms with Gasteiger partial charge in [0.15, 0.2) is 0 Å². The van der Waals surface area contributed by atoms with Crippen LogP contribution in [-0.2, 0) is 4.79 Å². The first kappa shape index (κ1) is 23.5. The molecule has 1 heterocycles. The number of unbranched alkanes of at least 4 members (excludes halogenated alkanes) is 1. The van der Waals surface area contributed by atoms with Crippen LogP contribution in [0.5, 0.6) is 11.5 Å². The molecule has 0 saturated heterocycles. The van der Waals surface area contributed by atoms with Gasteiger partial charge in [-0.25, -0.2) is 4.79 Å². The molecular weight excluding hydrogens is 430 g/mol. The molecule has 2 aromatic carbocycles. The van der Waals surface area contributed by atoms with Crippen LogP contribution in [0.1, 0.15) is 33.1 Å². The lowest BCUT2D eigenvalue weighted by Gasteiger charge is -2.13. The molecule has 0 fully saturated rings. The van der Waals surface area contributed by atoms with Crippen molar-refractivity contribution in [3.8, 4) is 17.2 Å². The smallest absolute Gasteiger partial charge is 0.442 e. The predicted molar refractivity (Wildman–Crippen MR) is 123 cm³/mol. The molecule has 0 bridgehead atoms. The summed E-state index contributed by atoms with van der Waals surface area (Å²) in [7, 11) is 1.58. The SMILES string of the molecule is CCCCOc1ccc(NC(=O)C(CC)Sc2c(=O)o[nH][n+]2-c2ccc(OC)cc2)cc1. The molecule has 0 aliphatic rings. The van der Waals surface area contributed by atoms with Gasteiger partial charge < -0.3 is 14.8 Å². The first-order valence-corrected chi connectivity index (χ1v) is 11.4. The zero-order chi connectivity index (χ0) is 22.9. The molecule has 170 valence electrons. The Morgan fingerprint density at radius 3 is 2.44 bits per heavy atom. The second-order valence-electron chi connectivity index (χ2n) is 7.05. The van der Waals surface area contributed by atoms with Crippen LogP contribution in [0.25, 0.3) is 5.69 Å². The van der Waals surface area contributed by atoms with E-state index in [1.165, 1.54) is 4.68 Å². The Kier molecular flexibility index (Phi) is 8.38. The van der Waals surface area contributed by atoms with E-state index in [1.54, 1.807) is 43.5 Å². The van der Waals surface area contributed by atoms with E-state index in [0.717, 1.165) is 30.4 Å². The van der Waals surface area contributed by atoms with Crippen LogP contribution in [0.4, 0.5) is 5.69 Å². The van der Waals surface area contributed by atoms with Gasteiger partial charge in [-0.05, 0) is 71.0 Å². The molecule has 2 N–H and O–H groups in total. The predicted octanol–water partition coefficient (Wildman–Crippen LogP) is 3.94. The fourth-order valence-electron chi connectivity index (χ4n) is 2.91. The quantitative estimate of drug-likeness (QED) is 0.257. The van der Waals surface area contributed by atoms with Crippen molar-refractivity contribution in [2.24, 2.45) is 0 Å². The maximum Gasteiger partial charge on any atom is 0.442 e. The van der Waals surface area contributed by atoms with Crippen molar-refractivity contribution in [3.05, 3.63) is 59.0 Å². The van der Waals surface area contributed by atoms with Gasteiger partial charge in [0, 0.05) is 17.8 Å². The van der Waals surface area contributed by atoms with Crippen LogP contribution in [0.3, 0.4) is 0 Å². The van der Waals surface area contributed by atoms with E-state index in [2.05, 4.69) is 17.5 Å². The molecule has 0 radical (unpaired) electrons. The highest BCUT2D eigenvalue weighted by atomic mass is 32.2. The number of ether oxygens (including phenoxy) is 2. The summed E-state index contributed by atoms with van der Waals surface area (Å²) in [5, 5.41) is 5.31. The standard InChI is InChI=1S/C23H27N3O5S/c1-4-6-15-30-19-11-7-16(8-12-19)24-21(27)20(5-2)32-22-23(28)31-25-26(22)17-9-13-18(29-3)14-10-17/h7-14,20H,4-6,15H2,1-3H3,(H-,24,25,27,28)/p+1. The third kappa shape index (κ3) is 5.94. The largest absolute Gasteiger partial charge is 0.497 e. The number of aromatic amines is 1. The molecule has 0 spiro atoms. The van der Waals surface area contributed by atoms with Crippen molar-refractivity contribution in [1.29, 1.82) is 0 Å². The molecule has 0 aliphatic heterocycles. The van der Waals surface area contributed by atoms with Gasteiger partial charge in [0.2, 0.25) is 11.6 Å². The van der Waals surface area contributed by atoms with E-state index in [-0.39, 0.29) is 10.9 Å². The lowest BCUT2D eigenvalue weighted by Crippen LogP contribution is -2.37. The summed E-state index contributed by atoms with van der Waals surface area (Å²) < 4.78 is 17.3. The topological polar surface area (TPSA) is 97.4 Å². The average Bonchev–Trinajstić information content (AvgIpc) is 3.18. The third-order valence-electron chi connectivity index (χ3n) is 4.74. The summed E-state index contributed by atoms with van der Waals surface area (Å²) in [5.74, 6) is 1.27. The first-order chi connectivity index (χ1) is 15.5. The molecule has 1 unspecified atom stereocenters. The Bertz CT molecular complexity index is 1060. The maximum atomic E-state index is 12.9. The summed E-state index contributed by atoms with van der Waals surface area (Å²) in [4.78, 5) is 25.2. The van der Waals surface area contributed by atoms with Gasteiger partial charge in [-0.15, -0.1) is 0 Å². The zero-order valence-corrected chi connectivity index (χ0v) is 19.2. The van der Waals surface area contributed by atoms with Crippen molar-refractivity contribution in [2.75, 3.05) is 19.0 Å². The number of anilines is 1. The zero-order valence-electron chi connectivity index (χ0n) is 18.4. The van der Waals surface area contributed by atoms with Gasteiger partial charge in [0.05, 0.1) is 19.0 Å². The van der Waals surface area contributed by atoms with E-state index < -0.39 is 10.9 Å². The minimum absolute atomic E-state index is 0.195. The van der Waals surface area contributed by atoms with Gasteiger partial charge in [0.25, 0.3) is 0 Å². The highest BCUT2D eigenvalue weighted by Gasteiger charge is 2.30. The molecule has 3 aromatic rings. The van der Waals surface area contributed by atoms with Crippen LogP contribution >= 0.6 is 11.8 Å². The number of hydrogen-bond acceptors (Lipinski definition) is 6. The Hall–Kier alpha value is -3.20. The number of methoxy groups -OCH3 is 1. The summed E-state index contributed by atoms with van der Waals surface area (Å²) in [6.07, 6.45) is 2.60. The third-order valence-corrected chi connectivity index (χ3v) is 6.15. The van der Waals surface area contributed by atoms with Crippen molar-refractivity contribution in [2.45, 2.75) is 43.4 Å². The number of nitrogens with one attached hydrogen (secondary N) is 2. The van der Waals surface area contributed by atoms with Crippen molar-refractivity contribution < 1.29 is 23.5 Å². The number of hydrogen-bond donors (Lipinski definition) is 2. The molecule has 9 heteroatoms. The normalized spacial score (nSPS) is 11.7. The van der Waals surface area contributed by atoms with Crippen molar-refractivity contribution in [1.82, 2.24) is 5.27 Å². The van der Waals surface area contributed by atoms with Crippen molar-refractivity contribution >= 4 is 23.4 Å². The Balaban J connectivity index is 1.69. The number of aromatic nitrogens is 2. The highest BCUT2D eigenvalue weighted by molar-refractivity contribution is 8.00. The average molecular weight is 459 g/mol. The lowest BCUT2D eigenvalue weighted by molar-refractivity contribution is -0.704. The highest BCUT2D eigenvalue weighted by Crippen LogP contribution is 2.24. The van der Waals surface area contributed by atoms with E-state index >= 15 is 0 Å². The molecule has 32 heavy (non-hydrogen) atoms. The van der Waals surface area contributed by atoms with Crippen LogP contribution < -0.4 is 25.1 Å². The fourth-order valence-corrected chi connectivity index (χ4v) is 3.90. The summed E-state index contributed by atoms with van der Waals surface area (Å²) >= 11 is 1.15. The number of thioether (sulfide) groups is 1. The molecule has 1 aromatic heterocycles. The monoisotopic (exact) mass is 458 g/mol. The molecule has 0 aliphatic carbocycles. The minimum atomic E-state index is -0.536. The number of carbonyl (C=O) groups is 1. The van der Waals surface area contributed by atoms with Crippen molar-refractivity contribution in [3.63, 3.8) is 0 Å². The van der Waals surface area contributed by atoms with Gasteiger partial charge >= 0.3 is 10.7 Å². The number of nitrogens with zero attached hydrogens (tertiary/aromatic N) is 1. The number of carbonyl (C=O) groups excluding carboxylic acids is 1. The molecule has 0 saturated carbocycles. The summed E-state index contributed by atoms with van der Waals surface area (Å²) in [5.41, 5.74) is 0.819. The Morgan fingerprint density at radius 2 is 1.81 bits per heavy atom. The minimum Gasteiger partial charge on any atom is -0.497 e. The molecule has 8 nitrogen and oxygen atoms in total. The van der Waals surface area contributed by atoms with Gasteiger partial charge in [-0.3, -0.25) is 9.32 Å². The molecule has 3 rings (SSSR count). The Labute approximate surface area is 190 Å². The summed E-state index contributed by atoms with van der Waals surface area (Å²) in [6.45, 7) is 4.68. The van der Waals surface area contributed by atoms with Gasteiger partial charge in [-0.1, -0.05) is 20.3 Å². The van der Waals surface area contributed by atoms with E-state index in [4.69, 9.17) is 14.0 Å². The van der Waals surface area contributed by atoms with Gasteiger partial charge in [0.1, 0.15) is 11.5 Å². The number of benzene rings is 2. The molecule has 1 amide bonds. The summed E-state index contributed by atoms with van der Waals surface area (Å²) in [6, 6.07) is 14.4. The number of amides is 1. The van der Waals surface area contributed by atoms with Crippen LogP contribution in [-0.4, -0.2) is 30.1 Å². The van der Waals surface area contributed by atoms with Crippen LogP contribution in [0.15, 0.2) is 62.9 Å². The van der Waals surface area contributed by atoms with E-state index in [9.17, 15) is 9.59 Å².